The van der Waals surface area contributed by atoms with Crippen LogP contribution in [0.15, 0.2) is 6.20 Å². The zero-order valence-corrected chi connectivity index (χ0v) is 14.9. The lowest BCUT2D eigenvalue weighted by atomic mass is 9.97. The summed E-state index contributed by atoms with van der Waals surface area (Å²) in [6.45, 7) is 8.61. The number of rotatable bonds is 4. The Morgan fingerprint density at radius 3 is 3.00 bits per heavy atom. The topological polar surface area (TPSA) is 70.2 Å². The van der Waals surface area contributed by atoms with Gasteiger partial charge in [-0.05, 0) is 26.3 Å². The van der Waals surface area contributed by atoms with Crippen LogP contribution in [-0.2, 0) is 11.3 Å². The first-order valence-corrected chi connectivity index (χ1v) is 9.48. The molecule has 0 bridgehead atoms. The van der Waals surface area contributed by atoms with E-state index in [2.05, 4.69) is 30.0 Å². The summed E-state index contributed by atoms with van der Waals surface area (Å²) in [4.78, 5) is 15.3. The second-order valence-corrected chi connectivity index (χ2v) is 7.66. The van der Waals surface area contributed by atoms with E-state index in [-0.39, 0.29) is 0 Å². The molecule has 0 saturated carbocycles. The van der Waals surface area contributed by atoms with Gasteiger partial charge in [0.25, 0.3) is 0 Å². The van der Waals surface area contributed by atoms with Gasteiger partial charge in [-0.25, -0.2) is 9.97 Å². The summed E-state index contributed by atoms with van der Waals surface area (Å²) in [5, 5.41) is 8.45. The minimum atomic E-state index is 0.440. The molecule has 2 aliphatic heterocycles. The van der Waals surface area contributed by atoms with E-state index in [1.807, 2.05) is 24.5 Å². The van der Waals surface area contributed by atoms with Crippen LogP contribution in [0.25, 0.3) is 0 Å². The van der Waals surface area contributed by atoms with Crippen LogP contribution in [0.5, 0.6) is 0 Å². The van der Waals surface area contributed by atoms with Crippen LogP contribution in [0.4, 0.5) is 5.13 Å². The van der Waals surface area contributed by atoms with Crippen LogP contribution in [0, 0.1) is 6.92 Å². The van der Waals surface area contributed by atoms with Crippen molar-refractivity contribution >= 4 is 16.5 Å². The molecule has 0 amide bonds. The third kappa shape index (κ3) is 3.60. The molecule has 24 heavy (non-hydrogen) atoms. The number of hydrogen-bond acceptors (Lipinski definition) is 7. The zero-order chi connectivity index (χ0) is 16.4. The molecule has 4 heterocycles. The second-order valence-electron chi connectivity index (χ2n) is 6.56. The Morgan fingerprint density at radius 1 is 1.33 bits per heavy atom. The highest BCUT2D eigenvalue weighted by Gasteiger charge is 2.25. The first-order valence-electron chi connectivity index (χ1n) is 8.66. The Kier molecular flexibility index (Phi) is 4.77. The molecular formula is C16H24N6OS. The molecule has 1 atom stereocenters. The summed E-state index contributed by atoms with van der Waals surface area (Å²) in [5.41, 5.74) is 0. The predicted molar refractivity (Wildman–Crippen MR) is 93.5 cm³/mol. The van der Waals surface area contributed by atoms with Gasteiger partial charge in [0.15, 0.2) is 11.0 Å². The van der Waals surface area contributed by atoms with Crippen molar-refractivity contribution in [2.75, 3.05) is 44.3 Å². The van der Waals surface area contributed by atoms with Gasteiger partial charge in [0.1, 0.15) is 5.82 Å². The number of hydrogen-bond donors (Lipinski definition) is 1. The van der Waals surface area contributed by atoms with Crippen LogP contribution in [0.3, 0.4) is 0 Å². The Labute approximate surface area is 146 Å². The number of aryl methyl sites for hydroxylation is 1. The average molecular weight is 348 g/mol. The molecule has 2 saturated heterocycles. The minimum Gasteiger partial charge on any atom is -0.378 e. The molecule has 2 aromatic heterocycles. The first kappa shape index (κ1) is 16.0. The standard InChI is InChI=1S/C16H24N6OS/c1-12-18-15(20-19-12)13-3-2-4-21(10-13)11-14-9-17-16(24-14)22-5-7-23-8-6-22/h9,13H,2-8,10-11H2,1H3,(H,18,19,20). The van der Waals surface area contributed by atoms with Crippen molar-refractivity contribution in [3.05, 3.63) is 22.7 Å². The molecule has 2 aromatic rings. The number of morpholine rings is 1. The first-order chi connectivity index (χ1) is 11.8. The molecule has 0 radical (unpaired) electrons. The Hall–Kier alpha value is -1.51. The fourth-order valence-electron chi connectivity index (χ4n) is 3.44. The van der Waals surface area contributed by atoms with Crippen molar-refractivity contribution in [1.29, 1.82) is 0 Å². The molecule has 2 aliphatic rings. The summed E-state index contributed by atoms with van der Waals surface area (Å²) < 4.78 is 5.42. The fourth-order valence-corrected chi connectivity index (χ4v) is 4.45. The van der Waals surface area contributed by atoms with Crippen molar-refractivity contribution < 1.29 is 4.74 Å². The van der Waals surface area contributed by atoms with E-state index in [4.69, 9.17) is 4.74 Å². The summed E-state index contributed by atoms with van der Waals surface area (Å²) in [7, 11) is 0. The maximum Gasteiger partial charge on any atom is 0.185 e. The van der Waals surface area contributed by atoms with Crippen LogP contribution >= 0.6 is 11.3 Å². The third-order valence-electron chi connectivity index (χ3n) is 4.69. The van der Waals surface area contributed by atoms with Crippen LogP contribution in [-0.4, -0.2) is 64.5 Å². The quantitative estimate of drug-likeness (QED) is 0.908. The molecule has 0 aliphatic carbocycles. The molecule has 0 aromatic carbocycles. The number of anilines is 1. The van der Waals surface area contributed by atoms with Crippen molar-refractivity contribution in [2.45, 2.75) is 32.2 Å². The number of ether oxygens (including phenoxy) is 1. The number of likely N-dealkylation sites (tertiary alicyclic amines) is 1. The number of aromatic nitrogens is 4. The molecule has 7 nitrogen and oxygen atoms in total. The van der Waals surface area contributed by atoms with Gasteiger partial charge < -0.3 is 9.64 Å². The van der Waals surface area contributed by atoms with Gasteiger partial charge in [-0.3, -0.25) is 10.00 Å². The second kappa shape index (κ2) is 7.16. The summed E-state index contributed by atoms with van der Waals surface area (Å²) in [6, 6.07) is 0. The third-order valence-corrected chi connectivity index (χ3v) is 5.73. The Bertz CT molecular complexity index is 665. The maximum absolute atomic E-state index is 5.42. The molecule has 4 rings (SSSR count). The molecule has 2 fully saturated rings. The highest BCUT2D eigenvalue weighted by molar-refractivity contribution is 7.15. The Morgan fingerprint density at radius 2 is 2.21 bits per heavy atom. The Balaban J connectivity index is 1.37. The summed E-state index contributed by atoms with van der Waals surface area (Å²) in [6.07, 6.45) is 4.42. The van der Waals surface area contributed by atoms with Gasteiger partial charge in [0.2, 0.25) is 0 Å². The molecule has 1 unspecified atom stereocenters. The van der Waals surface area contributed by atoms with Crippen LogP contribution < -0.4 is 4.90 Å². The highest BCUT2D eigenvalue weighted by Crippen LogP contribution is 2.28. The fraction of sp³-hybridized carbons (Fsp3) is 0.688. The van der Waals surface area contributed by atoms with E-state index >= 15 is 0 Å². The van der Waals surface area contributed by atoms with Crippen molar-refractivity contribution in [1.82, 2.24) is 25.1 Å². The maximum atomic E-state index is 5.42. The molecule has 1 N–H and O–H groups in total. The van der Waals surface area contributed by atoms with E-state index in [1.54, 1.807) is 0 Å². The normalized spacial score (nSPS) is 22.9. The van der Waals surface area contributed by atoms with Crippen molar-refractivity contribution in [3.63, 3.8) is 0 Å². The average Bonchev–Trinajstić information content (AvgIpc) is 3.25. The number of aromatic amines is 1. The van der Waals surface area contributed by atoms with Gasteiger partial charge in [-0.1, -0.05) is 0 Å². The number of H-pyrrole nitrogens is 1. The summed E-state index contributed by atoms with van der Waals surface area (Å²) in [5.74, 6) is 2.31. The molecule has 8 heteroatoms. The zero-order valence-electron chi connectivity index (χ0n) is 14.1. The van der Waals surface area contributed by atoms with E-state index in [1.165, 1.54) is 17.7 Å². The lowest BCUT2D eigenvalue weighted by Gasteiger charge is -2.30. The van der Waals surface area contributed by atoms with Crippen LogP contribution in [0.1, 0.15) is 35.3 Å². The SMILES string of the molecule is Cc1nc(C2CCCN(Cc3cnc(N4CCOCC4)s3)C2)n[nH]1. The van der Waals surface area contributed by atoms with Gasteiger partial charge >= 0.3 is 0 Å². The van der Waals surface area contributed by atoms with E-state index in [0.29, 0.717) is 5.92 Å². The smallest absolute Gasteiger partial charge is 0.185 e. The minimum absolute atomic E-state index is 0.440. The number of nitrogens with zero attached hydrogens (tertiary/aromatic N) is 5. The highest BCUT2D eigenvalue weighted by atomic mass is 32.1. The molecule has 0 spiro atoms. The largest absolute Gasteiger partial charge is 0.378 e. The van der Waals surface area contributed by atoms with E-state index in [0.717, 1.165) is 62.7 Å². The molecular weight excluding hydrogens is 324 g/mol. The van der Waals surface area contributed by atoms with Gasteiger partial charge in [-0.2, -0.15) is 5.10 Å². The number of thiazole rings is 1. The van der Waals surface area contributed by atoms with E-state index in [9.17, 15) is 0 Å². The van der Waals surface area contributed by atoms with Gasteiger partial charge in [0, 0.05) is 43.2 Å². The monoisotopic (exact) mass is 348 g/mol. The lowest BCUT2D eigenvalue weighted by molar-refractivity contribution is 0.122. The van der Waals surface area contributed by atoms with Crippen molar-refractivity contribution in [3.8, 4) is 0 Å². The predicted octanol–water partition coefficient (Wildman–Crippen LogP) is 1.79. The number of nitrogens with one attached hydrogen (secondary N) is 1. The van der Waals surface area contributed by atoms with E-state index < -0.39 is 0 Å². The summed E-state index contributed by atoms with van der Waals surface area (Å²) >= 11 is 1.81. The lowest BCUT2D eigenvalue weighted by Crippen LogP contribution is -2.36. The molecule has 130 valence electrons. The number of piperidine rings is 1. The van der Waals surface area contributed by atoms with Gasteiger partial charge in [-0.15, -0.1) is 11.3 Å². The van der Waals surface area contributed by atoms with Gasteiger partial charge in [0.05, 0.1) is 13.2 Å². The van der Waals surface area contributed by atoms with Crippen molar-refractivity contribution in [2.24, 2.45) is 0 Å². The van der Waals surface area contributed by atoms with Crippen LogP contribution in [0.2, 0.25) is 0 Å².